The van der Waals surface area contributed by atoms with Crippen molar-refractivity contribution in [3.63, 3.8) is 0 Å². The van der Waals surface area contributed by atoms with Crippen molar-refractivity contribution >= 4 is 15.7 Å². The molecular weight excluding hydrogens is 356 g/mol. The van der Waals surface area contributed by atoms with Crippen molar-refractivity contribution in [2.45, 2.75) is 13.0 Å². The van der Waals surface area contributed by atoms with Crippen LogP contribution in [-0.2, 0) is 10.0 Å². The van der Waals surface area contributed by atoms with Gasteiger partial charge >= 0.3 is 0 Å². The van der Waals surface area contributed by atoms with E-state index in [1.54, 1.807) is 36.7 Å². The molecule has 1 atom stereocenters. The standard InChI is InChI=1S/C17H16N4O4S/c1-11-5-6-14-13(8-11)21(26(2,22)23)10-15(24-14)17-20-19-16(25-17)12-4-3-7-18-9-12/h3-9,15H,10H2,1-2H3. The second-order valence-electron chi connectivity index (χ2n) is 6.06. The van der Waals surface area contributed by atoms with Crippen LogP contribution < -0.4 is 9.04 Å². The summed E-state index contributed by atoms with van der Waals surface area (Å²) in [4.78, 5) is 4.02. The van der Waals surface area contributed by atoms with E-state index in [1.807, 2.05) is 13.0 Å². The Balaban J connectivity index is 1.71. The fourth-order valence-electron chi connectivity index (χ4n) is 2.77. The molecule has 0 aliphatic carbocycles. The number of fused-ring (bicyclic) bond motifs is 1. The third-order valence-electron chi connectivity index (χ3n) is 4.01. The minimum absolute atomic E-state index is 0.0595. The van der Waals surface area contributed by atoms with E-state index >= 15 is 0 Å². The second-order valence-corrected chi connectivity index (χ2v) is 7.97. The Morgan fingerprint density at radius 1 is 1.23 bits per heavy atom. The number of aryl methyl sites for hydroxylation is 1. The molecule has 0 spiro atoms. The first kappa shape index (κ1) is 16.5. The smallest absolute Gasteiger partial charge is 0.259 e. The summed E-state index contributed by atoms with van der Waals surface area (Å²) in [5.41, 5.74) is 2.13. The first-order chi connectivity index (χ1) is 12.4. The van der Waals surface area contributed by atoms with Gasteiger partial charge in [0, 0.05) is 12.4 Å². The van der Waals surface area contributed by atoms with Crippen LogP contribution in [0.2, 0.25) is 0 Å². The SMILES string of the molecule is Cc1ccc2c(c1)N(S(C)(=O)=O)CC(c1nnc(-c3cccnc3)o1)O2. The van der Waals surface area contributed by atoms with E-state index < -0.39 is 16.1 Å². The molecule has 1 unspecified atom stereocenters. The van der Waals surface area contributed by atoms with Crippen molar-refractivity contribution in [2.75, 3.05) is 17.1 Å². The highest BCUT2D eigenvalue weighted by Crippen LogP contribution is 2.39. The summed E-state index contributed by atoms with van der Waals surface area (Å²) in [6.45, 7) is 1.95. The Morgan fingerprint density at radius 3 is 2.81 bits per heavy atom. The molecule has 1 aliphatic rings. The normalized spacial score (nSPS) is 16.8. The number of rotatable bonds is 3. The van der Waals surface area contributed by atoms with Crippen LogP contribution in [0, 0.1) is 6.92 Å². The van der Waals surface area contributed by atoms with Gasteiger partial charge in [0.1, 0.15) is 5.75 Å². The predicted molar refractivity (Wildman–Crippen MR) is 94.3 cm³/mol. The zero-order chi connectivity index (χ0) is 18.3. The van der Waals surface area contributed by atoms with Crippen molar-refractivity contribution in [1.82, 2.24) is 15.2 Å². The van der Waals surface area contributed by atoms with E-state index in [9.17, 15) is 8.42 Å². The highest BCUT2D eigenvalue weighted by molar-refractivity contribution is 7.92. The van der Waals surface area contributed by atoms with Gasteiger partial charge < -0.3 is 9.15 Å². The van der Waals surface area contributed by atoms with Crippen LogP contribution in [-0.4, -0.2) is 36.4 Å². The van der Waals surface area contributed by atoms with Gasteiger partial charge in [-0.05, 0) is 36.8 Å². The fraction of sp³-hybridized carbons (Fsp3) is 0.235. The quantitative estimate of drug-likeness (QED) is 0.696. The maximum atomic E-state index is 12.3. The minimum Gasteiger partial charge on any atom is -0.476 e. The molecule has 0 N–H and O–H groups in total. The van der Waals surface area contributed by atoms with Crippen LogP contribution in [0.4, 0.5) is 5.69 Å². The third kappa shape index (κ3) is 3.01. The highest BCUT2D eigenvalue weighted by Gasteiger charge is 2.35. The summed E-state index contributed by atoms with van der Waals surface area (Å²) >= 11 is 0. The Hall–Kier alpha value is -2.94. The molecule has 1 aliphatic heterocycles. The molecule has 9 heteroatoms. The number of sulfonamides is 1. The predicted octanol–water partition coefficient (Wildman–Crippen LogP) is 2.34. The summed E-state index contributed by atoms with van der Waals surface area (Å²) in [5, 5.41) is 8.05. The Labute approximate surface area is 150 Å². The maximum Gasteiger partial charge on any atom is 0.259 e. The van der Waals surface area contributed by atoms with Crippen LogP contribution >= 0.6 is 0 Å². The molecule has 0 bridgehead atoms. The van der Waals surface area contributed by atoms with Crippen molar-refractivity contribution in [3.05, 3.63) is 54.2 Å². The number of nitrogens with zero attached hydrogens (tertiary/aromatic N) is 4. The van der Waals surface area contributed by atoms with Gasteiger partial charge in [-0.1, -0.05) is 6.07 Å². The van der Waals surface area contributed by atoms with Crippen molar-refractivity contribution < 1.29 is 17.6 Å². The zero-order valence-electron chi connectivity index (χ0n) is 14.2. The molecule has 2 aromatic heterocycles. The Kier molecular flexibility index (Phi) is 3.87. The van der Waals surface area contributed by atoms with Gasteiger partial charge in [-0.15, -0.1) is 10.2 Å². The monoisotopic (exact) mass is 372 g/mol. The molecule has 134 valence electrons. The first-order valence-electron chi connectivity index (χ1n) is 7.90. The Bertz CT molecular complexity index is 1050. The van der Waals surface area contributed by atoms with Gasteiger partial charge in [-0.25, -0.2) is 8.42 Å². The number of hydrogen-bond acceptors (Lipinski definition) is 7. The lowest BCUT2D eigenvalue weighted by Gasteiger charge is -2.33. The molecule has 26 heavy (non-hydrogen) atoms. The first-order valence-corrected chi connectivity index (χ1v) is 9.75. The molecule has 1 aromatic carbocycles. The van der Waals surface area contributed by atoms with Crippen molar-refractivity contribution in [3.8, 4) is 17.2 Å². The van der Waals surface area contributed by atoms with Crippen LogP contribution in [0.5, 0.6) is 5.75 Å². The molecule has 0 saturated carbocycles. The molecule has 3 aromatic rings. The number of anilines is 1. The number of pyridine rings is 1. The number of benzene rings is 1. The van der Waals surface area contributed by atoms with Gasteiger partial charge in [0.25, 0.3) is 5.89 Å². The lowest BCUT2D eigenvalue weighted by atomic mass is 10.1. The van der Waals surface area contributed by atoms with E-state index in [0.717, 1.165) is 11.8 Å². The van der Waals surface area contributed by atoms with E-state index in [0.29, 0.717) is 22.9 Å². The molecular formula is C17H16N4O4S. The largest absolute Gasteiger partial charge is 0.476 e. The molecule has 0 fully saturated rings. The van der Waals surface area contributed by atoms with E-state index in [2.05, 4.69) is 15.2 Å². The van der Waals surface area contributed by atoms with E-state index in [1.165, 1.54) is 4.31 Å². The van der Waals surface area contributed by atoms with Gasteiger partial charge in [-0.3, -0.25) is 9.29 Å². The summed E-state index contributed by atoms with van der Waals surface area (Å²) in [7, 11) is -3.49. The maximum absolute atomic E-state index is 12.3. The van der Waals surface area contributed by atoms with Crippen LogP contribution in [0.1, 0.15) is 17.6 Å². The number of ether oxygens (including phenoxy) is 1. The molecule has 3 heterocycles. The van der Waals surface area contributed by atoms with Crippen molar-refractivity contribution in [1.29, 1.82) is 0 Å². The lowest BCUT2D eigenvalue weighted by Crippen LogP contribution is -2.39. The summed E-state index contributed by atoms with van der Waals surface area (Å²) in [6.07, 6.45) is 3.72. The topological polar surface area (TPSA) is 98.4 Å². The van der Waals surface area contributed by atoms with Gasteiger partial charge in [-0.2, -0.15) is 0 Å². The summed E-state index contributed by atoms with van der Waals surface area (Å²) in [6, 6.07) is 8.94. The van der Waals surface area contributed by atoms with Crippen LogP contribution in [0.15, 0.2) is 47.1 Å². The third-order valence-corrected chi connectivity index (χ3v) is 5.16. The lowest BCUT2D eigenvalue weighted by molar-refractivity contribution is 0.170. The fourth-order valence-corrected chi connectivity index (χ4v) is 3.68. The zero-order valence-corrected chi connectivity index (χ0v) is 15.0. The number of aromatic nitrogens is 3. The second kappa shape index (κ2) is 6.10. The molecule has 0 radical (unpaired) electrons. The van der Waals surface area contributed by atoms with Crippen molar-refractivity contribution in [2.24, 2.45) is 0 Å². The Morgan fingerprint density at radius 2 is 2.08 bits per heavy atom. The van der Waals surface area contributed by atoms with Gasteiger partial charge in [0.2, 0.25) is 15.9 Å². The van der Waals surface area contributed by atoms with Crippen LogP contribution in [0.25, 0.3) is 11.5 Å². The highest BCUT2D eigenvalue weighted by atomic mass is 32.2. The average Bonchev–Trinajstić information content (AvgIpc) is 3.11. The molecule has 4 rings (SSSR count). The molecule has 8 nitrogen and oxygen atoms in total. The van der Waals surface area contributed by atoms with E-state index in [4.69, 9.17) is 9.15 Å². The van der Waals surface area contributed by atoms with Gasteiger partial charge in [0.05, 0.1) is 24.1 Å². The summed E-state index contributed by atoms with van der Waals surface area (Å²) in [5.74, 6) is 0.972. The van der Waals surface area contributed by atoms with Gasteiger partial charge in [0.15, 0.2) is 6.10 Å². The average molecular weight is 372 g/mol. The number of hydrogen-bond donors (Lipinski definition) is 0. The molecule has 0 saturated heterocycles. The molecule has 0 amide bonds. The summed E-state index contributed by atoms with van der Waals surface area (Å²) < 4.78 is 37.5. The van der Waals surface area contributed by atoms with E-state index in [-0.39, 0.29) is 12.4 Å². The van der Waals surface area contributed by atoms with Crippen LogP contribution in [0.3, 0.4) is 0 Å². The minimum atomic E-state index is -3.49.